The summed E-state index contributed by atoms with van der Waals surface area (Å²) < 4.78 is 24.1. The average molecular weight is 500 g/mol. The van der Waals surface area contributed by atoms with Crippen LogP contribution in [0, 0.1) is 6.92 Å². The fraction of sp³-hybridized carbons (Fsp3) is 0.200. The van der Waals surface area contributed by atoms with Crippen LogP contribution in [0.25, 0.3) is 0 Å². The summed E-state index contributed by atoms with van der Waals surface area (Å²) in [5, 5.41) is 8.68. The minimum atomic E-state index is -3.53. The Morgan fingerprint density at radius 1 is 0.912 bits per heavy atom. The predicted octanol–water partition coefficient (Wildman–Crippen LogP) is 4.08. The Bertz CT molecular complexity index is 1290. The molecule has 3 N–H and O–H groups in total. The van der Waals surface area contributed by atoms with Gasteiger partial charge >= 0.3 is 0 Å². The number of amides is 2. The van der Waals surface area contributed by atoms with E-state index < -0.39 is 9.84 Å². The molecular weight excluding hydrogens is 474 g/mol. The summed E-state index contributed by atoms with van der Waals surface area (Å²) in [6, 6.07) is 19.7. The summed E-state index contributed by atoms with van der Waals surface area (Å²) in [6.45, 7) is 1.96. The molecule has 0 spiro atoms. The number of rotatable bonds is 9. The summed E-state index contributed by atoms with van der Waals surface area (Å²) in [4.78, 5) is 25.3. The highest BCUT2D eigenvalue weighted by atomic mass is 35.5. The van der Waals surface area contributed by atoms with Crippen molar-refractivity contribution < 1.29 is 18.0 Å². The fourth-order valence-corrected chi connectivity index (χ4v) is 5.24. The van der Waals surface area contributed by atoms with Gasteiger partial charge < -0.3 is 16.0 Å². The molecule has 0 saturated heterocycles. The summed E-state index contributed by atoms with van der Waals surface area (Å²) in [7, 11) is -3.53. The highest BCUT2D eigenvalue weighted by Crippen LogP contribution is 2.30. The molecule has 0 heterocycles. The third-order valence-electron chi connectivity index (χ3n) is 5.16. The van der Waals surface area contributed by atoms with E-state index in [-0.39, 0.29) is 28.3 Å². The molecule has 7 nitrogen and oxygen atoms in total. The topological polar surface area (TPSA) is 104 Å². The van der Waals surface area contributed by atoms with Crippen LogP contribution in [0.2, 0.25) is 5.02 Å². The predicted molar refractivity (Wildman–Crippen MR) is 135 cm³/mol. The van der Waals surface area contributed by atoms with E-state index in [2.05, 4.69) is 16.0 Å². The van der Waals surface area contributed by atoms with E-state index in [0.717, 1.165) is 11.8 Å². The molecule has 0 radical (unpaired) electrons. The molecule has 3 aromatic carbocycles. The fourth-order valence-electron chi connectivity index (χ4n) is 3.53. The van der Waals surface area contributed by atoms with Crippen LogP contribution >= 0.6 is 11.6 Å². The molecule has 0 unspecified atom stereocenters. The van der Waals surface area contributed by atoms with E-state index in [1.807, 2.05) is 30.3 Å². The molecule has 0 saturated carbocycles. The minimum Gasteiger partial charge on any atom is -0.376 e. The molecule has 178 valence electrons. The van der Waals surface area contributed by atoms with Crippen LogP contribution in [-0.4, -0.2) is 39.6 Å². The van der Waals surface area contributed by atoms with Crippen molar-refractivity contribution in [3.63, 3.8) is 0 Å². The van der Waals surface area contributed by atoms with Crippen molar-refractivity contribution in [1.29, 1.82) is 0 Å². The van der Waals surface area contributed by atoms with E-state index >= 15 is 0 Å². The first-order valence-corrected chi connectivity index (χ1v) is 12.9. The van der Waals surface area contributed by atoms with Crippen LogP contribution in [0.3, 0.4) is 0 Å². The Morgan fingerprint density at radius 2 is 1.59 bits per heavy atom. The first-order valence-electron chi connectivity index (χ1n) is 10.6. The average Bonchev–Trinajstić information content (AvgIpc) is 2.78. The molecule has 0 bridgehead atoms. The molecule has 0 aliphatic carbocycles. The second-order valence-electron chi connectivity index (χ2n) is 7.76. The van der Waals surface area contributed by atoms with E-state index in [1.165, 1.54) is 6.07 Å². The summed E-state index contributed by atoms with van der Waals surface area (Å²) in [6.07, 6.45) is 1.78. The monoisotopic (exact) mass is 499 g/mol. The lowest BCUT2D eigenvalue weighted by Gasteiger charge is -2.15. The van der Waals surface area contributed by atoms with Gasteiger partial charge in [0, 0.05) is 18.5 Å². The van der Waals surface area contributed by atoms with Crippen molar-refractivity contribution in [2.24, 2.45) is 0 Å². The molecule has 9 heteroatoms. The maximum absolute atomic E-state index is 12.7. The van der Waals surface area contributed by atoms with Crippen molar-refractivity contribution in [1.82, 2.24) is 5.32 Å². The number of hydrogen-bond donors (Lipinski definition) is 3. The molecule has 0 atom stereocenters. The van der Waals surface area contributed by atoms with Gasteiger partial charge in [0.25, 0.3) is 5.91 Å². The van der Waals surface area contributed by atoms with Gasteiger partial charge in [-0.15, -0.1) is 0 Å². The maximum atomic E-state index is 12.7. The molecular formula is C25H26ClN3O4S. The number of halogens is 1. The van der Waals surface area contributed by atoms with Gasteiger partial charge in [0.15, 0.2) is 9.84 Å². The molecule has 3 aromatic rings. The Kier molecular flexibility index (Phi) is 8.31. The van der Waals surface area contributed by atoms with Gasteiger partial charge in [-0.1, -0.05) is 54.1 Å². The number of para-hydroxylation sites is 1. The lowest BCUT2D eigenvalue weighted by Crippen LogP contribution is -2.28. The number of sulfone groups is 1. The number of nitrogens with one attached hydrogen (secondary N) is 3. The second kappa shape index (κ2) is 11.2. The molecule has 0 fully saturated rings. The van der Waals surface area contributed by atoms with Crippen LogP contribution in [0.1, 0.15) is 21.5 Å². The van der Waals surface area contributed by atoms with E-state index in [0.29, 0.717) is 35.5 Å². The molecule has 0 aliphatic heterocycles. The summed E-state index contributed by atoms with van der Waals surface area (Å²) >= 11 is 6.05. The first kappa shape index (κ1) is 25.3. The van der Waals surface area contributed by atoms with E-state index in [4.69, 9.17) is 11.6 Å². The van der Waals surface area contributed by atoms with Crippen LogP contribution in [-0.2, 0) is 21.1 Å². The summed E-state index contributed by atoms with van der Waals surface area (Å²) in [5.41, 5.74) is 2.77. The lowest BCUT2D eigenvalue weighted by atomic mass is 10.1. The number of benzene rings is 3. The van der Waals surface area contributed by atoms with Gasteiger partial charge in [0.1, 0.15) is 0 Å². The second-order valence-corrected chi connectivity index (χ2v) is 10.1. The van der Waals surface area contributed by atoms with Gasteiger partial charge in [-0.25, -0.2) is 8.42 Å². The van der Waals surface area contributed by atoms with Crippen LogP contribution < -0.4 is 16.0 Å². The number of carbonyl (C=O) groups excluding carboxylic acids is 2. The van der Waals surface area contributed by atoms with Crippen LogP contribution in [0.15, 0.2) is 71.6 Å². The summed E-state index contributed by atoms with van der Waals surface area (Å²) in [5.74, 6) is -0.675. The van der Waals surface area contributed by atoms with Crippen molar-refractivity contribution in [2.45, 2.75) is 18.2 Å². The number of hydrogen-bond acceptors (Lipinski definition) is 5. The third kappa shape index (κ3) is 6.59. The molecule has 2 amide bonds. The Labute approximate surface area is 204 Å². The molecule has 0 aliphatic rings. The Morgan fingerprint density at radius 3 is 2.29 bits per heavy atom. The van der Waals surface area contributed by atoms with Crippen LogP contribution in [0.4, 0.5) is 11.4 Å². The quantitative estimate of drug-likeness (QED) is 0.411. The Hall–Kier alpha value is -3.36. The van der Waals surface area contributed by atoms with Crippen molar-refractivity contribution in [2.75, 3.05) is 30.0 Å². The Balaban J connectivity index is 1.62. The highest BCUT2D eigenvalue weighted by molar-refractivity contribution is 7.90. The zero-order valence-electron chi connectivity index (χ0n) is 18.9. The zero-order valence-corrected chi connectivity index (χ0v) is 20.5. The molecule has 34 heavy (non-hydrogen) atoms. The molecule has 0 aromatic heterocycles. The van der Waals surface area contributed by atoms with Gasteiger partial charge in [-0.05, 0) is 48.7 Å². The van der Waals surface area contributed by atoms with E-state index in [1.54, 1.807) is 37.3 Å². The van der Waals surface area contributed by atoms with Crippen molar-refractivity contribution >= 4 is 44.6 Å². The first-order chi connectivity index (χ1) is 16.2. The number of anilines is 2. The smallest absolute Gasteiger partial charge is 0.253 e. The van der Waals surface area contributed by atoms with Gasteiger partial charge in [0.2, 0.25) is 5.91 Å². The van der Waals surface area contributed by atoms with Crippen LogP contribution in [0.5, 0.6) is 0 Å². The SMILES string of the molecule is Cc1c(NCC(=O)Nc2ccccc2C(=O)NCCc2ccccc2)ccc(Cl)c1S(C)(=O)=O. The van der Waals surface area contributed by atoms with Gasteiger partial charge in [-0.3, -0.25) is 9.59 Å². The van der Waals surface area contributed by atoms with Crippen molar-refractivity contribution in [3.05, 3.63) is 88.4 Å². The van der Waals surface area contributed by atoms with Crippen molar-refractivity contribution in [3.8, 4) is 0 Å². The normalized spacial score (nSPS) is 11.0. The highest BCUT2D eigenvalue weighted by Gasteiger charge is 2.19. The maximum Gasteiger partial charge on any atom is 0.253 e. The standard InChI is InChI=1S/C25H26ClN3O4S/c1-17-21(13-12-20(26)24(17)34(2,32)33)28-16-23(30)29-22-11-7-6-10-19(22)25(31)27-15-14-18-8-4-3-5-9-18/h3-13,28H,14-16H2,1-2H3,(H,27,31)(H,29,30). The lowest BCUT2D eigenvalue weighted by molar-refractivity contribution is -0.114. The van der Waals surface area contributed by atoms with E-state index in [9.17, 15) is 18.0 Å². The third-order valence-corrected chi connectivity index (χ3v) is 6.85. The van der Waals surface area contributed by atoms with Gasteiger partial charge in [0.05, 0.1) is 27.7 Å². The minimum absolute atomic E-state index is 0.0251. The van der Waals surface area contributed by atoms with Gasteiger partial charge in [-0.2, -0.15) is 0 Å². The molecule has 3 rings (SSSR count). The number of carbonyl (C=O) groups is 2. The zero-order chi connectivity index (χ0) is 24.7. The largest absolute Gasteiger partial charge is 0.376 e.